The number of aliphatic carboxylic acids is 1. The van der Waals surface area contributed by atoms with Crippen LogP contribution in [0.3, 0.4) is 0 Å². The van der Waals surface area contributed by atoms with Gasteiger partial charge in [-0.1, -0.05) is 89.2 Å². The summed E-state index contributed by atoms with van der Waals surface area (Å²) in [7, 11) is 0. The van der Waals surface area contributed by atoms with Crippen molar-refractivity contribution in [3.8, 4) is 0 Å². The molecule has 0 bridgehead atoms. The summed E-state index contributed by atoms with van der Waals surface area (Å²) in [5, 5.41) is 11.5. The van der Waals surface area contributed by atoms with Crippen LogP contribution in [0.4, 0.5) is 0 Å². The Kier molecular flexibility index (Phi) is 17.2. The third-order valence-corrected chi connectivity index (χ3v) is 5.16. The van der Waals surface area contributed by atoms with E-state index in [-0.39, 0.29) is 11.9 Å². The van der Waals surface area contributed by atoms with E-state index in [4.69, 9.17) is 5.11 Å². The molecule has 0 aliphatic carbocycles. The molecule has 0 aromatic rings. The Balaban J connectivity index is 3.20. The molecule has 4 heteroatoms. The van der Waals surface area contributed by atoms with Crippen LogP contribution in [0.1, 0.15) is 117 Å². The van der Waals surface area contributed by atoms with Crippen molar-refractivity contribution in [2.75, 3.05) is 0 Å². The third kappa shape index (κ3) is 19.3. The van der Waals surface area contributed by atoms with Gasteiger partial charge in [-0.3, -0.25) is 9.59 Å². The monoisotopic (exact) mass is 381 g/mol. The Morgan fingerprint density at radius 2 is 1.07 bits per heavy atom. The van der Waals surface area contributed by atoms with Gasteiger partial charge in [-0.2, -0.15) is 0 Å². The SMILES string of the molecule is C=C(C)C(C)NC(=O)CCCCCCCCCCCCCCCCC(=O)O. The highest BCUT2D eigenvalue weighted by Gasteiger charge is 2.06. The number of carbonyl (C=O) groups is 2. The summed E-state index contributed by atoms with van der Waals surface area (Å²) in [5.41, 5.74) is 0.999. The Hall–Kier alpha value is -1.32. The predicted molar refractivity (Wildman–Crippen MR) is 114 cm³/mol. The van der Waals surface area contributed by atoms with E-state index >= 15 is 0 Å². The highest BCUT2D eigenvalue weighted by atomic mass is 16.4. The van der Waals surface area contributed by atoms with Crippen LogP contribution in [0.25, 0.3) is 0 Å². The van der Waals surface area contributed by atoms with Crippen LogP contribution in [-0.4, -0.2) is 23.0 Å². The molecule has 0 heterocycles. The summed E-state index contributed by atoms with van der Waals surface area (Å²) in [5.74, 6) is -0.527. The quantitative estimate of drug-likeness (QED) is 0.201. The van der Waals surface area contributed by atoms with Gasteiger partial charge in [0.25, 0.3) is 0 Å². The maximum Gasteiger partial charge on any atom is 0.303 e. The van der Waals surface area contributed by atoms with Gasteiger partial charge in [0.2, 0.25) is 5.91 Å². The van der Waals surface area contributed by atoms with E-state index in [1.165, 1.54) is 64.2 Å². The van der Waals surface area contributed by atoms with E-state index in [1.54, 1.807) is 0 Å². The highest BCUT2D eigenvalue weighted by Crippen LogP contribution is 2.13. The second-order valence-corrected chi connectivity index (χ2v) is 7.98. The summed E-state index contributed by atoms with van der Waals surface area (Å²) >= 11 is 0. The maximum atomic E-state index is 11.7. The van der Waals surface area contributed by atoms with Crippen LogP contribution in [0.2, 0.25) is 0 Å². The molecule has 0 saturated carbocycles. The molecule has 2 N–H and O–H groups in total. The number of unbranched alkanes of at least 4 members (excludes halogenated alkanes) is 13. The Bertz CT molecular complexity index is 406. The lowest BCUT2D eigenvalue weighted by Crippen LogP contribution is -2.32. The molecule has 1 atom stereocenters. The second-order valence-electron chi connectivity index (χ2n) is 7.98. The molecule has 0 aromatic heterocycles. The third-order valence-electron chi connectivity index (χ3n) is 5.16. The minimum Gasteiger partial charge on any atom is -0.481 e. The summed E-state index contributed by atoms with van der Waals surface area (Å²) in [6.07, 6.45) is 17.8. The van der Waals surface area contributed by atoms with Gasteiger partial charge in [0.15, 0.2) is 0 Å². The van der Waals surface area contributed by atoms with Crippen LogP contribution in [0, 0.1) is 0 Å². The first kappa shape index (κ1) is 25.7. The average molecular weight is 382 g/mol. The average Bonchev–Trinajstić information content (AvgIpc) is 2.60. The van der Waals surface area contributed by atoms with Crippen molar-refractivity contribution in [2.24, 2.45) is 0 Å². The molecule has 0 spiro atoms. The van der Waals surface area contributed by atoms with Gasteiger partial charge in [0, 0.05) is 18.9 Å². The first-order valence-corrected chi connectivity index (χ1v) is 11.1. The molecule has 0 aliphatic heterocycles. The van der Waals surface area contributed by atoms with E-state index in [0.717, 1.165) is 31.3 Å². The van der Waals surface area contributed by atoms with E-state index in [0.29, 0.717) is 12.8 Å². The fourth-order valence-corrected chi connectivity index (χ4v) is 3.12. The van der Waals surface area contributed by atoms with E-state index in [2.05, 4.69) is 11.9 Å². The molecular formula is C23H43NO3. The largest absolute Gasteiger partial charge is 0.481 e. The number of carboxylic acid groups (broad SMARTS) is 1. The lowest BCUT2D eigenvalue weighted by molar-refractivity contribution is -0.137. The summed E-state index contributed by atoms with van der Waals surface area (Å²) in [6, 6.07) is 0.0782. The first-order chi connectivity index (χ1) is 12.9. The first-order valence-electron chi connectivity index (χ1n) is 11.1. The zero-order chi connectivity index (χ0) is 20.3. The van der Waals surface area contributed by atoms with Crippen molar-refractivity contribution in [1.29, 1.82) is 0 Å². The molecule has 0 radical (unpaired) electrons. The number of hydrogen-bond acceptors (Lipinski definition) is 2. The fourth-order valence-electron chi connectivity index (χ4n) is 3.12. The molecule has 27 heavy (non-hydrogen) atoms. The molecule has 4 nitrogen and oxygen atoms in total. The topological polar surface area (TPSA) is 66.4 Å². The number of nitrogens with one attached hydrogen (secondary N) is 1. The van der Waals surface area contributed by atoms with E-state index < -0.39 is 5.97 Å². The minimum absolute atomic E-state index is 0.0782. The van der Waals surface area contributed by atoms with Gasteiger partial charge >= 0.3 is 5.97 Å². The van der Waals surface area contributed by atoms with Gasteiger partial charge in [0.1, 0.15) is 0 Å². The molecule has 0 rings (SSSR count). The van der Waals surface area contributed by atoms with E-state index in [1.807, 2.05) is 13.8 Å². The van der Waals surface area contributed by atoms with Crippen molar-refractivity contribution in [3.05, 3.63) is 12.2 Å². The van der Waals surface area contributed by atoms with Gasteiger partial charge in [-0.25, -0.2) is 0 Å². The van der Waals surface area contributed by atoms with Gasteiger partial charge < -0.3 is 10.4 Å². The standard InChI is InChI=1S/C23H43NO3/c1-20(2)21(3)24-22(25)18-16-14-12-10-8-6-4-5-7-9-11-13-15-17-19-23(26)27/h21H,1,4-19H2,2-3H3,(H,24,25)(H,26,27). The van der Waals surface area contributed by atoms with Crippen molar-refractivity contribution in [1.82, 2.24) is 5.32 Å². The second kappa shape index (κ2) is 18.1. The van der Waals surface area contributed by atoms with Crippen molar-refractivity contribution >= 4 is 11.9 Å². The van der Waals surface area contributed by atoms with E-state index in [9.17, 15) is 9.59 Å². The van der Waals surface area contributed by atoms with Crippen LogP contribution < -0.4 is 5.32 Å². The van der Waals surface area contributed by atoms with Crippen molar-refractivity contribution < 1.29 is 14.7 Å². The van der Waals surface area contributed by atoms with Gasteiger partial charge in [0.05, 0.1) is 0 Å². The molecule has 158 valence electrons. The Morgan fingerprint density at radius 3 is 1.41 bits per heavy atom. The van der Waals surface area contributed by atoms with Crippen LogP contribution in [0.15, 0.2) is 12.2 Å². The lowest BCUT2D eigenvalue weighted by Gasteiger charge is -2.13. The number of hydrogen-bond donors (Lipinski definition) is 2. The van der Waals surface area contributed by atoms with Crippen LogP contribution in [0.5, 0.6) is 0 Å². The number of amides is 1. The molecular weight excluding hydrogens is 338 g/mol. The number of carboxylic acids is 1. The van der Waals surface area contributed by atoms with Crippen molar-refractivity contribution in [2.45, 2.75) is 123 Å². The smallest absolute Gasteiger partial charge is 0.303 e. The zero-order valence-electron chi connectivity index (χ0n) is 17.9. The maximum absolute atomic E-state index is 11.7. The summed E-state index contributed by atoms with van der Waals surface area (Å²) in [4.78, 5) is 22.1. The molecule has 0 aliphatic rings. The predicted octanol–water partition coefficient (Wildman–Crippen LogP) is 6.39. The number of carbonyl (C=O) groups excluding carboxylic acids is 1. The van der Waals surface area contributed by atoms with Crippen LogP contribution in [-0.2, 0) is 9.59 Å². The number of rotatable bonds is 19. The minimum atomic E-state index is -0.672. The van der Waals surface area contributed by atoms with Gasteiger partial charge in [-0.15, -0.1) is 0 Å². The summed E-state index contributed by atoms with van der Waals surface area (Å²) < 4.78 is 0. The highest BCUT2D eigenvalue weighted by molar-refractivity contribution is 5.76. The molecule has 0 fully saturated rings. The van der Waals surface area contributed by atoms with Gasteiger partial charge in [-0.05, 0) is 26.7 Å². The molecule has 1 amide bonds. The van der Waals surface area contributed by atoms with Crippen molar-refractivity contribution in [3.63, 3.8) is 0 Å². The summed E-state index contributed by atoms with van der Waals surface area (Å²) in [6.45, 7) is 7.77. The van der Waals surface area contributed by atoms with Crippen LogP contribution >= 0.6 is 0 Å². The lowest BCUT2D eigenvalue weighted by atomic mass is 10.0. The zero-order valence-corrected chi connectivity index (χ0v) is 17.9. The molecule has 0 aromatic carbocycles. The fraction of sp³-hybridized carbons (Fsp3) is 0.826. The molecule has 0 saturated heterocycles. The molecule has 1 unspecified atom stereocenters. The Labute approximate surface area is 167 Å². The normalized spacial score (nSPS) is 11.9. The Morgan fingerprint density at radius 1 is 0.741 bits per heavy atom.